The summed E-state index contributed by atoms with van der Waals surface area (Å²) in [5.41, 5.74) is 2.58. The van der Waals surface area contributed by atoms with Gasteiger partial charge in [0.1, 0.15) is 11.1 Å². The fourth-order valence-electron chi connectivity index (χ4n) is 4.17. The molecule has 0 spiro atoms. The van der Waals surface area contributed by atoms with E-state index in [9.17, 15) is 33.6 Å². The fourth-order valence-corrected chi connectivity index (χ4v) is 4.17. The number of primary amides is 1. The van der Waals surface area contributed by atoms with Crippen molar-refractivity contribution in [1.82, 2.24) is 31.9 Å². The van der Waals surface area contributed by atoms with Crippen molar-refractivity contribution in [1.29, 1.82) is 0 Å². The van der Waals surface area contributed by atoms with Crippen LogP contribution in [0.3, 0.4) is 0 Å². The molecule has 0 aromatic carbocycles. The summed E-state index contributed by atoms with van der Waals surface area (Å²) < 4.78 is 0. The van der Waals surface area contributed by atoms with Gasteiger partial charge in [0.05, 0.1) is 24.2 Å². The van der Waals surface area contributed by atoms with Gasteiger partial charge in [-0.25, -0.2) is 0 Å². The van der Waals surface area contributed by atoms with Crippen LogP contribution >= 0.6 is 0 Å². The van der Waals surface area contributed by atoms with Gasteiger partial charge in [-0.05, 0) is 27.7 Å². The van der Waals surface area contributed by atoms with Crippen molar-refractivity contribution in [2.45, 2.75) is 95.5 Å². The summed E-state index contributed by atoms with van der Waals surface area (Å²) in [6.45, 7) is 7.24. The molecule has 0 aromatic heterocycles. The molecule has 0 saturated carbocycles. The lowest BCUT2D eigenvalue weighted by Gasteiger charge is -2.30. The molecule has 8 N–H and O–H groups in total. The molecule has 0 unspecified atom stereocenters. The van der Waals surface area contributed by atoms with Crippen molar-refractivity contribution in [3.05, 3.63) is 0 Å². The highest BCUT2D eigenvalue weighted by Gasteiger charge is 2.41. The first-order valence-corrected chi connectivity index (χ1v) is 11.6. The average molecular weight is 510 g/mol. The largest absolute Gasteiger partial charge is 0.370 e. The van der Waals surface area contributed by atoms with Gasteiger partial charge in [0, 0.05) is 32.6 Å². The maximum atomic E-state index is 12.8. The van der Waals surface area contributed by atoms with Gasteiger partial charge < -0.3 is 37.6 Å². The van der Waals surface area contributed by atoms with E-state index >= 15 is 0 Å². The van der Waals surface area contributed by atoms with Crippen LogP contribution in [0.5, 0.6) is 0 Å². The normalized spacial score (nSPS) is 23.8. The van der Waals surface area contributed by atoms with Gasteiger partial charge in [0.2, 0.25) is 41.4 Å². The second-order valence-electron chi connectivity index (χ2n) is 10.3. The number of nitrogens with two attached hydrogens (primary N) is 1. The number of hydrogen-bond acceptors (Lipinski definition) is 7. The smallest absolute Gasteiger partial charge is 0.245 e. The van der Waals surface area contributed by atoms with Crippen LogP contribution in [0.2, 0.25) is 0 Å². The first kappa shape index (κ1) is 28.5. The Hall–Kier alpha value is -3.71. The van der Waals surface area contributed by atoms with E-state index in [1.165, 1.54) is 34.6 Å². The average Bonchev–Trinajstić information content (AvgIpc) is 3.20. The molecule has 2 saturated heterocycles. The molecule has 4 atom stereocenters. The number of nitrogens with one attached hydrogen (secondary N) is 6. The second-order valence-corrected chi connectivity index (χ2v) is 10.3. The van der Waals surface area contributed by atoms with Crippen molar-refractivity contribution >= 4 is 41.4 Å². The summed E-state index contributed by atoms with van der Waals surface area (Å²) in [5.74, 6) is -3.37. The van der Waals surface area contributed by atoms with Gasteiger partial charge in [-0.15, -0.1) is 0 Å². The Bertz CT molecular complexity index is 962. The van der Waals surface area contributed by atoms with Crippen LogP contribution in [0.15, 0.2) is 0 Å². The number of rotatable bonds is 10. The van der Waals surface area contributed by atoms with Crippen LogP contribution < -0.4 is 37.6 Å². The summed E-state index contributed by atoms with van der Waals surface area (Å²) in [6.07, 6.45) is -0.440. The lowest BCUT2D eigenvalue weighted by atomic mass is 9.98. The first-order valence-electron chi connectivity index (χ1n) is 11.6. The molecule has 2 heterocycles. The Morgan fingerprint density at radius 2 is 1.22 bits per heavy atom. The monoisotopic (exact) mass is 509 g/mol. The van der Waals surface area contributed by atoms with Crippen LogP contribution in [0.1, 0.15) is 60.3 Å². The van der Waals surface area contributed by atoms with E-state index in [4.69, 9.17) is 5.73 Å². The Balaban J connectivity index is 1.98. The highest BCUT2D eigenvalue weighted by molar-refractivity contribution is 5.93. The Kier molecular flexibility index (Phi) is 8.65. The minimum absolute atomic E-state index is 0.0297. The van der Waals surface area contributed by atoms with E-state index in [2.05, 4.69) is 31.9 Å². The van der Waals surface area contributed by atoms with Gasteiger partial charge in [-0.2, -0.15) is 0 Å². The molecule has 0 aromatic rings. The molecule has 0 bridgehead atoms. The second kappa shape index (κ2) is 10.9. The number of carbonyl (C=O) groups excluding carboxylic acids is 7. The van der Waals surface area contributed by atoms with E-state index in [-0.39, 0.29) is 37.5 Å². The lowest BCUT2D eigenvalue weighted by molar-refractivity contribution is -0.133. The standard InChI is InChI=1S/C22H35N7O7/c1-10(30)28-21(2,3)19(35)27-14-8-17(33)25-12(14)9-18(34)29-22(4,5)20(36)26-13-7-16(32)24-11(13)6-15(23)31/h11-14H,6-9H2,1-5H3,(H2,23,31)(H,24,32)(H,25,33)(H,26,36)(H,27,35)(H,28,30)(H,29,34)/t11-,12-,13+,14+/m1/s1. The number of amides is 7. The van der Waals surface area contributed by atoms with Gasteiger partial charge in [-0.1, -0.05) is 0 Å². The zero-order chi connectivity index (χ0) is 27.4. The van der Waals surface area contributed by atoms with Crippen molar-refractivity contribution in [3.63, 3.8) is 0 Å². The van der Waals surface area contributed by atoms with Crippen LogP contribution in [-0.2, 0) is 33.6 Å². The maximum Gasteiger partial charge on any atom is 0.245 e. The van der Waals surface area contributed by atoms with Gasteiger partial charge in [0.25, 0.3) is 0 Å². The molecule has 14 heteroatoms. The van der Waals surface area contributed by atoms with E-state index in [0.717, 1.165) is 0 Å². The molecule has 14 nitrogen and oxygen atoms in total. The predicted octanol–water partition coefficient (Wildman–Crippen LogP) is -3.19. The minimum atomic E-state index is -1.39. The minimum Gasteiger partial charge on any atom is -0.370 e. The van der Waals surface area contributed by atoms with Crippen molar-refractivity contribution < 1.29 is 33.6 Å². The zero-order valence-electron chi connectivity index (χ0n) is 21.1. The van der Waals surface area contributed by atoms with Crippen LogP contribution in [0, 0.1) is 0 Å². The van der Waals surface area contributed by atoms with Crippen molar-refractivity contribution in [2.75, 3.05) is 0 Å². The number of hydrogen-bond donors (Lipinski definition) is 7. The molecule has 2 rings (SSSR count). The zero-order valence-corrected chi connectivity index (χ0v) is 21.1. The Labute approximate surface area is 208 Å². The molecule has 0 aliphatic carbocycles. The summed E-state index contributed by atoms with van der Waals surface area (Å²) in [5, 5.41) is 15.7. The van der Waals surface area contributed by atoms with E-state index in [0.29, 0.717) is 0 Å². The molecule has 36 heavy (non-hydrogen) atoms. The van der Waals surface area contributed by atoms with Crippen molar-refractivity contribution in [2.24, 2.45) is 5.73 Å². The third kappa shape index (κ3) is 7.65. The summed E-state index contributed by atoms with van der Waals surface area (Å²) >= 11 is 0. The molecular weight excluding hydrogens is 474 g/mol. The molecule has 2 fully saturated rings. The summed E-state index contributed by atoms with van der Waals surface area (Å²) in [4.78, 5) is 84.5. The van der Waals surface area contributed by atoms with E-state index in [1.54, 1.807) is 0 Å². The van der Waals surface area contributed by atoms with E-state index < -0.39 is 64.8 Å². The SMILES string of the molecule is CC(=O)NC(C)(C)C(=O)N[C@H]1CC(=O)N[C@@H]1CC(=O)NC(C)(C)C(=O)N[C@H]1CC(=O)N[C@@H]1CC(N)=O. The third-order valence-corrected chi connectivity index (χ3v) is 6.01. The van der Waals surface area contributed by atoms with Gasteiger partial charge in [0.15, 0.2) is 0 Å². The van der Waals surface area contributed by atoms with Crippen LogP contribution in [-0.4, -0.2) is 76.6 Å². The topological polar surface area (TPSA) is 218 Å². The van der Waals surface area contributed by atoms with Crippen LogP contribution in [0.25, 0.3) is 0 Å². The quantitative estimate of drug-likeness (QED) is 0.160. The molecule has 7 amide bonds. The maximum absolute atomic E-state index is 12.8. The Morgan fingerprint density at radius 3 is 1.64 bits per heavy atom. The highest BCUT2D eigenvalue weighted by atomic mass is 16.2. The summed E-state index contributed by atoms with van der Waals surface area (Å²) in [7, 11) is 0. The molecular formula is C22H35N7O7. The number of carbonyl (C=O) groups is 7. The van der Waals surface area contributed by atoms with Gasteiger partial charge >= 0.3 is 0 Å². The summed E-state index contributed by atoms with van der Waals surface area (Å²) in [6, 6.07) is -2.75. The van der Waals surface area contributed by atoms with Gasteiger partial charge in [-0.3, -0.25) is 33.6 Å². The molecule has 2 aliphatic heterocycles. The fraction of sp³-hybridized carbons (Fsp3) is 0.682. The molecule has 2 aliphatic rings. The van der Waals surface area contributed by atoms with Crippen molar-refractivity contribution in [3.8, 4) is 0 Å². The first-order chi connectivity index (χ1) is 16.5. The molecule has 200 valence electrons. The molecule has 0 radical (unpaired) electrons. The third-order valence-electron chi connectivity index (χ3n) is 6.01. The predicted molar refractivity (Wildman–Crippen MR) is 126 cm³/mol. The highest BCUT2D eigenvalue weighted by Crippen LogP contribution is 2.16. The van der Waals surface area contributed by atoms with Crippen LogP contribution in [0.4, 0.5) is 0 Å². The lowest BCUT2D eigenvalue weighted by Crippen LogP contribution is -2.60. The Morgan fingerprint density at radius 1 is 0.806 bits per heavy atom. The van der Waals surface area contributed by atoms with E-state index in [1.807, 2.05) is 0 Å².